The Kier molecular flexibility index (Phi) is 5.03. The standard InChI is InChI=1S/C12H27N3/c1-12(2,3)11-14(4)9-10-15-7-5-13-6-8-15/h13H,5-11H2,1-4H3. The molecule has 0 atom stereocenters. The van der Waals surface area contributed by atoms with Gasteiger partial charge in [0.1, 0.15) is 0 Å². The molecule has 0 radical (unpaired) electrons. The smallest absolute Gasteiger partial charge is 0.0110 e. The van der Waals surface area contributed by atoms with Crippen LogP contribution in [0, 0.1) is 5.41 Å². The van der Waals surface area contributed by atoms with Crippen LogP contribution in [0.1, 0.15) is 20.8 Å². The van der Waals surface area contributed by atoms with Crippen molar-refractivity contribution < 1.29 is 0 Å². The fourth-order valence-corrected chi connectivity index (χ4v) is 2.14. The minimum absolute atomic E-state index is 0.415. The third kappa shape index (κ3) is 6.13. The summed E-state index contributed by atoms with van der Waals surface area (Å²) in [5.74, 6) is 0. The van der Waals surface area contributed by atoms with E-state index < -0.39 is 0 Å². The third-order valence-electron chi connectivity index (χ3n) is 2.75. The molecule has 0 amide bonds. The molecule has 1 aliphatic heterocycles. The molecule has 0 aromatic carbocycles. The summed E-state index contributed by atoms with van der Waals surface area (Å²) in [4.78, 5) is 5.00. The van der Waals surface area contributed by atoms with Crippen LogP contribution in [-0.4, -0.2) is 62.7 Å². The molecule has 0 saturated carbocycles. The van der Waals surface area contributed by atoms with Crippen molar-refractivity contribution in [2.24, 2.45) is 5.41 Å². The SMILES string of the molecule is CN(CCN1CCNCC1)CC(C)(C)C. The lowest BCUT2D eigenvalue weighted by Gasteiger charge is -2.31. The molecule has 1 heterocycles. The third-order valence-corrected chi connectivity index (χ3v) is 2.75. The Labute approximate surface area is 94.8 Å². The van der Waals surface area contributed by atoms with Crippen LogP contribution in [0.5, 0.6) is 0 Å². The Bertz CT molecular complexity index is 168. The second-order valence-corrected chi connectivity index (χ2v) is 5.89. The highest BCUT2D eigenvalue weighted by Crippen LogP contribution is 2.13. The Morgan fingerprint density at radius 3 is 2.33 bits per heavy atom. The molecule has 0 bridgehead atoms. The van der Waals surface area contributed by atoms with Crippen molar-refractivity contribution in [3.8, 4) is 0 Å². The first-order valence-electron chi connectivity index (χ1n) is 6.09. The van der Waals surface area contributed by atoms with E-state index in [9.17, 15) is 0 Å². The van der Waals surface area contributed by atoms with Crippen molar-refractivity contribution in [3.63, 3.8) is 0 Å². The van der Waals surface area contributed by atoms with Gasteiger partial charge in [-0.1, -0.05) is 20.8 Å². The summed E-state index contributed by atoms with van der Waals surface area (Å²) < 4.78 is 0. The molecule has 90 valence electrons. The normalized spacial score (nSPS) is 19.8. The Morgan fingerprint density at radius 2 is 1.80 bits per heavy atom. The van der Waals surface area contributed by atoms with E-state index in [-0.39, 0.29) is 0 Å². The topological polar surface area (TPSA) is 18.5 Å². The van der Waals surface area contributed by atoms with Gasteiger partial charge in [0.05, 0.1) is 0 Å². The van der Waals surface area contributed by atoms with Crippen molar-refractivity contribution in [3.05, 3.63) is 0 Å². The van der Waals surface area contributed by atoms with Gasteiger partial charge in [0.25, 0.3) is 0 Å². The van der Waals surface area contributed by atoms with E-state index in [1.165, 1.54) is 32.7 Å². The molecular formula is C12H27N3. The fraction of sp³-hybridized carbons (Fsp3) is 1.00. The first kappa shape index (κ1) is 12.9. The molecule has 3 nitrogen and oxygen atoms in total. The monoisotopic (exact) mass is 213 g/mol. The van der Waals surface area contributed by atoms with Gasteiger partial charge in [-0.25, -0.2) is 0 Å². The first-order valence-corrected chi connectivity index (χ1v) is 6.09. The van der Waals surface area contributed by atoms with E-state index in [0.717, 1.165) is 13.1 Å². The van der Waals surface area contributed by atoms with Crippen molar-refractivity contribution >= 4 is 0 Å². The van der Waals surface area contributed by atoms with Gasteiger partial charge >= 0.3 is 0 Å². The van der Waals surface area contributed by atoms with Gasteiger partial charge in [0.2, 0.25) is 0 Å². The zero-order chi connectivity index (χ0) is 11.3. The van der Waals surface area contributed by atoms with E-state index in [1.807, 2.05) is 0 Å². The van der Waals surface area contributed by atoms with Crippen LogP contribution in [0.15, 0.2) is 0 Å². The van der Waals surface area contributed by atoms with E-state index in [1.54, 1.807) is 0 Å². The predicted octanol–water partition coefficient (Wildman–Crippen LogP) is 0.869. The number of hydrogen-bond acceptors (Lipinski definition) is 3. The molecule has 1 rings (SSSR count). The summed E-state index contributed by atoms with van der Waals surface area (Å²) in [6.07, 6.45) is 0. The molecule has 0 spiro atoms. The molecule has 0 aromatic rings. The lowest BCUT2D eigenvalue weighted by atomic mass is 9.96. The minimum Gasteiger partial charge on any atom is -0.314 e. The van der Waals surface area contributed by atoms with E-state index in [4.69, 9.17) is 0 Å². The fourth-order valence-electron chi connectivity index (χ4n) is 2.14. The van der Waals surface area contributed by atoms with E-state index in [0.29, 0.717) is 5.41 Å². The quantitative estimate of drug-likeness (QED) is 0.747. The summed E-state index contributed by atoms with van der Waals surface area (Å²) in [6.45, 7) is 15.2. The highest BCUT2D eigenvalue weighted by Gasteiger charge is 2.15. The zero-order valence-corrected chi connectivity index (χ0v) is 10.8. The summed E-state index contributed by atoms with van der Waals surface area (Å²) in [7, 11) is 2.23. The molecule has 0 unspecified atom stereocenters. The van der Waals surface area contributed by atoms with Crippen LogP contribution in [0.2, 0.25) is 0 Å². The first-order chi connectivity index (χ1) is 6.97. The number of piperazine rings is 1. The maximum Gasteiger partial charge on any atom is 0.0110 e. The number of rotatable bonds is 4. The number of likely N-dealkylation sites (N-methyl/N-ethyl adjacent to an activating group) is 1. The summed E-state index contributed by atoms with van der Waals surface area (Å²) in [5, 5.41) is 3.39. The highest BCUT2D eigenvalue weighted by atomic mass is 15.2. The van der Waals surface area contributed by atoms with Gasteiger partial charge in [-0.3, -0.25) is 4.90 Å². The largest absolute Gasteiger partial charge is 0.314 e. The van der Waals surface area contributed by atoms with Crippen molar-refractivity contribution in [1.82, 2.24) is 15.1 Å². The van der Waals surface area contributed by atoms with Crippen LogP contribution >= 0.6 is 0 Å². The molecule has 1 fully saturated rings. The molecule has 1 N–H and O–H groups in total. The van der Waals surface area contributed by atoms with Crippen molar-refractivity contribution in [1.29, 1.82) is 0 Å². The van der Waals surface area contributed by atoms with Gasteiger partial charge < -0.3 is 10.2 Å². The average molecular weight is 213 g/mol. The average Bonchev–Trinajstić information content (AvgIpc) is 2.14. The second kappa shape index (κ2) is 5.83. The maximum absolute atomic E-state index is 3.39. The molecule has 1 aliphatic rings. The van der Waals surface area contributed by atoms with E-state index in [2.05, 4.69) is 42.9 Å². The highest BCUT2D eigenvalue weighted by molar-refractivity contribution is 4.71. The van der Waals surface area contributed by atoms with E-state index >= 15 is 0 Å². The molecule has 0 aliphatic carbocycles. The zero-order valence-electron chi connectivity index (χ0n) is 10.8. The molecule has 1 saturated heterocycles. The van der Waals surface area contributed by atoms with Gasteiger partial charge in [-0.2, -0.15) is 0 Å². The van der Waals surface area contributed by atoms with Crippen LogP contribution in [0.3, 0.4) is 0 Å². The summed E-state index contributed by atoms with van der Waals surface area (Å²) in [6, 6.07) is 0. The Hall–Kier alpha value is -0.120. The minimum atomic E-state index is 0.415. The molecule has 15 heavy (non-hydrogen) atoms. The molecular weight excluding hydrogens is 186 g/mol. The maximum atomic E-state index is 3.39. The Morgan fingerprint density at radius 1 is 1.20 bits per heavy atom. The molecule has 3 heteroatoms. The number of nitrogens with zero attached hydrogens (tertiary/aromatic N) is 2. The number of nitrogens with one attached hydrogen (secondary N) is 1. The van der Waals surface area contributed by atoms with Gasteiger partial charge in [-0.05, 0) is 12.5 Å². The second-order valence-electron chi connectivity index (χ2n) is 5.89. The lowest BCUT2D eigenvalue weighted by molar-refractivity contribution is 0.176. The van der Waals surface area contributed by atoms with Crippen LogP contribution in [0.4, 0.5) is 0 Å². The van der Waals surface area contributed by atoms with Crippen molar-refractivity contribution in [2.45, 2.75) is 20.8 Å². The Balaban J connectivity index is 2.12. The van der Waals surface area contributed by atoms with Crippen molar-refractivity contribution in [2.75, 3.05) is 52.9 Å². The van der Waals surface area contributed by atoms with Gasteiger partial charge in [-0.15, -0.1) is 0 Å². The predicted molar refractivity (Wildman–Crippen MR) is 66.3 cm³/mol. The van der Waals surface area contributed by atoms with Crippen LogP contribution < -0.4 is 5.32 Å². The van der Waals surface area contributed by atoms with Gasteiger partial charge in [0.15, 0.2) is 0 Å². The summed E-state index contributed by atoms with van der Waals surface area (Å²) in [5.41, 5.74) is 0.415. The number of hydrogen-bond donors (Lipinski definition) is 1. The van der Waals surface area contributed by atoms with Crippen LogP contribution in [-0.2, 0) is 0 Å². The molecule has 0 aromatic heterocycles. The van der Waals surface area contributed by atoms with Gasteiger partial charge in [0, 0.05) is 45.8 Å². The van der Waals surface area contributed by atoms with Crippen LogP contribution in [0.25, 0.3) is 0 Å². The summed E-state index contributed by atoms with van der Waals surface area (Å²) >= 11 is 0. The lowest BCUT2D eigenvalue weighted by Crippen LogP contribution is -2.46.